The number of nitriles is 1. The number of anilines is 2. The Bertz CT molecular complexity index is 588. The number of hydrogen-bond donors (Lipinski definition) is 1. The van der Waals surface area contributed by atoms with Gasteiger partial charge < -0.3 is 5.32 Å². The van der Waals surface area contributed by atoms with Gasteiger partial charge in [0.25, 0.3) is 0 Å². The van der Waals surface area contributed by atoms with Gasteiger partial charge in [0, 0.05) is 5.69 Å². The van der Waals surface area contributed by atoms with Gasteiger partial charge in [-0.1, -0.05) is 50.3 Å². The van der Waals surface area contributed by atoms with Crippen LogP contribution in [0.5, 0.6) is 0 Å². The van der Waals surface area contributed by atoms with Gasteiger partial charge in [0.15, 0.2) is 5.13 Å². The third-order valence-electron chi connectivity index (χ3n) is 2.59. The molecule has 1 N–H and O–H groups in total. The highest BCUT2D eigenvalue weighted by molar-refractivity contribution is 7.16. The van der Waals surface area contributed by atoms with Gasteiger partial charge in [0.1, 0.15) is 10.9 Å². The second-order valence-corrected chi connectivity index (χ2v) is 6.09. The Balaban J connectivity index is 2.32. The Morgan fingerprint density at radius 1 is 1.28 bits per heavy atom. The Morgan fingerprint density at radius 2 is 2.00 bits per heavy atom. The number of benzene rings is 1. The van der Waals surface area contributed by atoms with Crippen LogP contribution in [0, 0.1) is 11.3 Å². The van der Waals surface area contributed by atoms with Crippen molar-refractivity contribution >= 4 is 22.2 Å². The monoisotopic (exact) mass is 257 g/mol. The fraction of sp³-hybridized carbons (Fsp3) is 0.286. The van der Waals surface area contributed by atoms with Gasteiger partial charge in [-0.25, -0.2) is 4.98 Å². The first-order chi connectivity index (χ1) is 8.50. The minimum absolute atomic E-state index is 0.0684. The molecule has 0 amide bonds. The van der Waals surface area contributed by atoms with Crippen LogP contribution in [-0.2, 0) is 5.41 Å². The molecule has 18 heavy (non-hydrogen) atoms. The Labute approximate surface area is 111 Å². The lowest BCUT2D eigenvalue weighted by atomic mass is 9.86. The van der Waals surface area contributed by atoms with Crippen molar-refractivity contribution < 1.29 is 0 Å². The van der Waals surface area contributed by atoms with E-state index < -0.39 is 0 Å². The molecule has 0 unspecified atom stereocenters. The third-order valence-corrected chi connectivity index (χ3v) is 3.41. The SMILES string of the molecule is CC(C)(C)c1ccccc1Nc1ncc(C#N)s1. The molecule has 0 saturated heterocycles. The number of nitrogens with zero attached hydrogens (tertiary/aromatic N) is 2. The fourth-order valence-electron chi connectivity index (χ4n) is 1.74. The number of aromatic nitrogens is 1. The van der Waals surface area contributed by atoms with Gasteiger partial charge in [0.05, 0.1) is 6.20 Å². The molecule has 0 fully saturated rings. The molecule has 0 aliphatic carbocycles. The van der Waals surface area contributed by atoms with E-state index in [1.807, 2.05) is 18.2 Å². The van der Waals surface area contributed by atoms with Crippen LogP contribution in [0.4, 0.5) is 10.8 Å². The molecule has 0 aliphatic rings. The Morgan fingerprint density at radius 3 is 2.61 bits per heavy atom. The molecule has 1 aromatic carbocycles. The van der Waals surface area contributed by atoms with E-state index in [0.29, 0.717) is 4.88 Å². The molecule has 0 aliphatic heterocycles. The molecule has 0 bridgehead atoms. The summed E-state index contributed by atoms with van der Waals surface area (Å²) in [6, 6.07) is 10.3. The van der Waals surface area contributed by atoms with Gasteiger partial charge in [-0.3, -0.25) is 0 Å². The smallest absolute Gasteiger partial charge is 0.188 e. The maximum Gasteiger partial charge on any atom is 0.188 e. The molecule has 2 aromatic rings. The van der Waals surface area contributed by atoms with E-state index in [1.54, 1.807) is 6.20 Å². The number of hydrogen-bond acceptors (Lipinski definition) is 4. The Kier molecular flexibility index (Phi) is 3.35. The molecule has 2 rings (SSSR count). The van der Waals surface area contributed by atoms with Crippen LogP contribution in [-0.4, -0.2) is 4.98 Å². The Hall–Kier alpha value is -1.86. The molecule has 4 heteroatoms. The topological polar surface area (TPSA) is 48.7 Å². The van der Waals surface area contributed by atoms with Crippen LogP contribution in [0.3, 0.4) is 0 Å². The van der Waals surface area contributed by atoms with Crippen LogP contribution in [0.25, 0.3) is 0 Å². The van der Waals surface area contributed by atoms with E-state index >= 15 is 0 Å². The van der Waals surface area contributed by atoms with Gasteiger partial charge in [0.2, 0.25) is 0 Å². The number of thiazole rings is 1. The van der Waals surface area contributed by atoms with Gasteiger partial charge in [-0.05, 0) is 17.0 Å². The summed E-state index contributed by atoms with van der Waals surface area (Å²) in [6.07, 6.45) is 1.59. The zero-order valence-corrected chi connectivity index (χ0v) is 11.5. The molecule has 3 nitrogen and oxygen atoms in total. The predicted molar refractivity (Wildman–Crippen MR) is 75.3 cm³/mol. The summed E-state index contributed by atoms with van der Waals surface area (Å²) in [6.45, 7) is 6.53. The highest BCUT2D eigenvalue weighted by Gasteiger charge is 2.17. The lowest BCUT2D eigenvalue weighted by Gasteiger charge is -2.22. The average molecular weight is 257 g/mol. The van der Waals surface area contributed by atoms with E-state index in [2.05, 4.69) is 43.2 Å². The summed E-state index contributed by atoms with van der Waals surface area (Å²) in [5.41, 5.74) is 2.35. The summed E-state index contributed by atoms with van der Waals surface area (Å²) >= 11 is 1.36. The normalized spacial score (nSPS) is 11.0. The van der Waals surface area contributed by atoms with E-state index in [9.17, 15) is 0 Å². The number of para-hydroxylation sites is 1. The summed E-state index contributed by atoms with van der Waals surface area (Å²) < 4.78 is 0. The van der Waals surface area contributed by atoms with E-state index in [4.69, 9.17) is 5.26 Å². The van der Waals surface area contributed by atoms with Crippen LogP contribution in [0.2, 0.25) is 0 Å². The molecule has 0 atom stereocenters. The van der Waals surface area contributed by atoms with Crippen molar-refractivity contribution in [2.24, 2.45) is 0 Å². The van der Waals surface area contributed by atoms with Gasteiger partial charge in [-0.2, -0.15) is 5.26 Å². The molecular formula is C14H15N3S. The van der Waals surface area contributed by atoms with Crippen molar-refractivity contribution in [3.05, 3.63) is 40.9 Å². The fourth-order valence-corrected chi connectivity index (χ4v) is 2.37. The molecule has 0 radical (unpaired) electrons. The van der Waals surface area contributed by atoms with E-state index in [0.717, 1.165) is 10.8 Å². The summed E-state index contributed by atoms with van der Waals surface area (Å²) in [5.74, 6) is 0. The maximum absolute atomic E-state index is 8.79. The van der Waals surface area contributed by atoms with Crippen molar-refractivity contribution in [1.29, 1.82) is 5.26 Å². The van der Waals surface area contributed by atoms with Gasteiger partial charge >= 0.3 is 0 Å². The van der Waals surface area contributed by atoms with Crippen molar-refractivity contribution in [3.8, 4) is 6.07 Å². The quantitative estimate of drug-likeness (QED) is 0.882. The lowest BCUT2D eigenvalue weighted by molar-refractivity contribution is 0.592. The zero-order valence-electron chi connectivity index (χ0n) is 10.7. The molecule has 0 spiro atoms. The minimum Gasteiger partial charge on any atom is -0.331 e. The maximum atomic E-state index is 8.79. The average Bonchev–Trinajstić information content (AvgIpc) is 2.76. The van der Waals surface area contributed by atoms with Gasteiger partial charge in [-0.15, -0.1) is 0 Å². The van der Waals surface area contributed by atoms with E-state index in [-0.39, 0.29) is 5.41 Å². The lowest BCUT2D eigenvalue weighted by Crippen LogP contribution is -2.13. The van der Waals surface area contributed by atoms with Crippen molar-refractivity contribution in [3.63, 3.8) is 0 Å². The first kappa shape index (κ1) is 12.6. The summed E-state index contributed by atoms with van der Waals surface area (Å²) in [4.78, 5) is 4.81. The van der Waals surface area contributed by atoms with Crippen molar-refractivity contribution in [2.75, 3.05) is 5.32 Å². The summed E-state index contributed by atoms with van der Waals surface area (Å²) in [7, 11) is 0. The van der Waals surface area contributed by atoms with E-state index in [1.165, 1.54) is 16.9 Å². The highest BCUT2D eigenvalue weighted by Crippen LogP contribution is 2.32. The van der Waals surface area contributed by atoms with Crippen LogP contribution < -0.4 is 5.32 Å². The largest absolute Gasteiger partial charge is 0.331 e. The standard InChI is InChI=1S/C14H15N3S/c1-14(2,3)11-6-4-5-7-12(11)17-13-16-9-10(8-15)18-13/h4-7,9H,1-3H3,(H,16,17). The van der Waals surface area contributed by atoms with Crippen LogP contribution in [0.15, 0.2) is 30.5 Å². The first-order valence-electron chi connectivity index (χ1n) is 5.73. The predicted octanol–water partition coefficient (Wildman–Crippen LogP) is 4.06. The summed E-state index contributed by atoms with van der Waals surface area (Å²) in [5, 5.41) is 12.8. The minimum atomic E-state index is 0.0684. The first-order valence-corrected chi connectivity index (χ1v) is 6.55. The molecule has 92 valence electrons. The second kappa shape index (κ2) is 4.79. The van der Waals surface area contributed by atoms with Crippen molar-refractivity contribution in [2.45, 2.75) is 26.2 Å². The number of rotatable bonds is 2. The highest BCUT2D eigenvalue weighted by atomic mass is 32.1. The second-order valence-electron chi connectivity index (χ2n) is 5.06. The number of nitrogens with one attached hydrogen (secondary N) is 1. The molecule has 0 saturated carbocycles. The van der Waals surface area contributed by atoms with Crippen LogP contribution in [0.1, 0.15) is 31.2 Å². The van der Waals surface area contributed by atoms with Crippen LogP contribution >= 0.6 is 11.3 Å². The zero-order chi connectivity index (χ0) is 13.2. The molecular weight excluding hydrogens is 242 g/mol. The van der Waals surface area contributed by atoms with Crippen molar-refractivity contribution in [1.82, 2.24) is 4.98 Å². The molecule has 1 heterocycles. The third kappa shape index (κ3) is 2.69. The molecule has 1 aromatic heterocycles.